The van der Waals surface area contributed by atoms with E-state index in [-0.39, 0.29) is 0 Å². The Morgan fingerprint density at radius 1 is 1.20 bits per heavy atom. The first-order valence-electron chi connectivity index (χ1n) is 7.75. The Kier molecular flexibility index (Phi) is 4.79. The minimum atomic E-state index is 0.544. The third-order valence-corrected chi connectivity index (χ3v) is 7.09. The summed E-state index contributed by atoms with van der Waals surface area (Å²) in [7, 11) is 0. The molecule has 2 aliphatic carbocycles. The van der Waals surface area contributed by atoms with Gasteiger partial charge in [0.05, 0.1) is 0 Å². The Hall–Kier alpha value is 0.01000. The smallest absolute Gasteiger partial charge is 0.0281 e. The molecule has 1 aromatic carbocycles. The molecule has 1 aromatic rings. The fourth-order valence-electron chi connectivity index (χ4n) is 3.59. The fourth-order valence-corrected chi connectivity index (χ4v) is 4.78. The third kappa shape index (κ3) is 3.26. The lowest BCUT2D eigenvalue weighted by molar-refractivity contribution is 0.282. The fraction of sp³-hybridized carbons (Fsp3) is 0.647. The summed E-state index contributed by atoms with van der Waals surface area (Å²) in [6.45, 7) is 1.21. The van der Waals surface area contributed by atoms with Gasteiger partial charge in [-0.2, -0.15) is 11.8 Å². The molecule has 2 aliphatic rings. The molecule has 110 valence electrons. The van der Waals surface area contributed by atoms with E-state index in [1.165, 1.54) is 55.1 Å². The van der Waals surface area contributed by atoms with Crippen LogP contribution in [0.5, 0.6) is 0 Å². The largest absolute Gasteiger partial charge is 0.313 e. The Bertz CT molecular complexity index is 433. The second kappa shape index (κ2) is 6.41. The maximum atomic E-state index is 3.83. The van der Waals surface area contributed by atoms with Gasteiger partial charge in [0, 0.05) is 21.8 Å². The lowest BCUT2D eigenvalue weighted by Crippen LogP contribution is -2.46. The van der Waals surface area contributed by atoms with Crippen molar-refractivity contribution in [2.75, 3.05) is 12.8 Å². The number of nitrogens with one attached hydrogen (secondary N) is 1. The van der Waals surface area contributed by atoms with Gasteiger partial charge in [-0.1, -0.05) is 40.9 Å². The first-order chi connectivity index (χ1) is 9.71. The molecular formula is C17H24BrNS. The van der Waals surface area contributed by atoms with Gasteiger partial charge in [0.25, 0.3) is 0 Å². The van der Waals surface area contributed by atoms with Crippen molar-refractivity contribution in [2.24, 2.45) is 0 Å². The van der Waals surface area contributed by atoms with Crippen LogP contribution < -0.4 is 5.32 Å². The second-order valence-corrected chi connectivity index (χ2v) is 8.58. The average molecular weight is 354 g/mol. The highest BCUT2D eigenvalue weighted by molar-refractivity contribution is 9.10. The molecule has 20 heavy (non-hydrogen) atoms. The van der Waals surface area contributed by atoms with Crippen LogP contribution in [0.1, 0.15) is 50.0 Å². The van der Waals surface area contributed by atoms with Crippen molar-refractivity contribution in [1.82, 2.24) is 5.32 Å². The van der Waals surface area contributed by atoms with E-state index in [4.69, 9.17) is 0 Å². The van der Waals surface area contributed by atoms with Crippen LogP contribution in [-0.2, 0) is 0 Å². The molecule has 0 atom stereocenters. The summed E-state index contributed by atoms with van der Waals surface area (Å²) in [4.78, 5) is 0. The number of hydrogen-bond acceptors (Lipinski definition) is 2. The van der Waals surface area contributed by atoms with Crippen LogP contribution in [0.4, 0.5) is 0 Å². The Labute approximate surface area is 135 Å². The number of rotatable bonds is 5. The average Bonchev–Trinajstić information content (AvgIpc) is 2.88. The minimum Gasteiger partial charge on any atom is -0.313 e. The first kappa shape index (κ1) is 14.9. The van der Waals surface area contributed by atoms with E-state index < -0.39 is 0 Å². The summed E-state index contributed by atoms with van der Waals surface area (Å²) in [5, 5.41) is 3.83. The summed E-state index contributed by atoms with van der Waals surface area (Å²) in [6.07, 6.45) is 10.6. The highest BCUT2D eigenvalue weighted by atomic mass is 79.9. The first-order valence-corrected chi connectivity index (χ1v) is 9.77. The number of hydrogen-bond donors (Lipinski definition) is 1. The van der Waals surface area contributed by atoms with E-state index in [1.54, 1.807) is 0 Å². The van der Waals surface area contributed by atoms with Crippen molar-refractivity contribution in [3.05, 3.63) is 34.3 Å². The summed E-state index contributed by atoms with van der Waals surface area (Å²) in [5.74, 6) is 0.773. The maximum Gasteiger partial charge on any atom is 0.0281 e. The molecule has 0 aliphatic heterocycles. The van der Waals surface area contributed by atoms with Gasteiger partial charge in [-0.15, -0.1) is 0 Å². The predicted octanol–water partition coefficient (Wildman–Crippen LogP) is 4.96. The zero-order chi connectivity index (χ0) is 14.0. The zero-order valence-corrected chi connectivity index (χ0v) is 14.6. The van der Waals surface area contributed by atoms with E-state index in [0.717, 1.165) is 12.0 Å². The van der Waals surface area contributed by atoms with E-state index in [2.05, 4.69) is 63.5 Å². The van der Waals surface area contributed by atoms with E-state index in [9.17, 15) is 0 Å². The number of benzene rings is 1. The lowest BCUT2D eigenvalue weighted by atomic mass is 9.76. The van der Waals surface area contributed by atoms with Gasteiger partial charge >= 0.3 is 0 Å². The molecule has 0 bridgehead atoms. The standard InChI is InChI=1S/C17H24BrNS/c1-20-17(8-2-3-9-17)12-19-16-10-14(11-16)13-4-6-15(18)7-5-13/h4-7,14,16,19H,2-3,8-12H2,1H3. The monoisotopic (exact) mass is 353 g/mol. The maximum absolute atomic E-state index is 3.83. The molecule has 0 unspecified atom stereocenters. The van der Waals surface area contributed by atoms with Crippen LogP contribution in [0, 0.1) is 0 Å². The number of halogens is 1. The molecule has 2 saturated carbocycles. The molecule has 2 fully saturated rings. The molecule has 3 heteroatoms. The van der Waals surface area contributed by atoms with Crippen molar-refractivity contribution in [1.29, 1.82) is 0 Å². The van der Waals surface area contributed by atoms with E-state index in [1.807, 2.05) is 0 Å². The Morgan fingerprint density at radius 3 is 2.45 bits per heavy atom. The van der Waals surface area contributed by atoms with E-state index >= 15 is 0 Å². The van der Waals surface area contributed by atoms with Crippen molar-refractivity contribution in [3.8, 4) is 0 Å². The van der Waals surface area contributed by atoms with Crippen LogP contribution in [0.3, 0.4) is 0 Å². The molecule has 0 saturated heterocycles. The van der Waals surface area contributed by atoms with Gasteiger partial charge in [-0.3, -0.25) is 0 Å². The molecule has 3 rings (SSSR count). The van der Waals surface area contributed by atoms with Crippen LogP contribution >= 0.6 is 27.7 Å². The van der Waals surface area contributed by atoms with Crippen LogP contribution in [0.25, 0.3) is 0 Å². The molecule has 0 radical (unpaired) electrons. The van der Waals surface area contributed by atoms with Crippen molar-refractivity contribution < 1.29 is 0 Å². The van der Waals surface area contributed by atoms with E-state index in [0.29, 0.717) is 4.75 Å². The van der Waals surface area contributed by atoms with Crippen molar-refractivity contribution in [3.63, 3.8) is 0 Å². The number of thioether (sulfide) groups is 1. The molecule has 0 spiro atoms. The molecule has 1 N–H and O–H groups in total. The molecule has 0 amide bonds. The Morgan fingerprint density at radius 2 is 1.85 bits per heavy atom. The normalized spacial score (nSPS) is 28.3. The topological polar surface area (TPSA) is 12.0 Å². The molecule has 1 nitrogen and oxygen atoms in total. The van der Waals surface area contributed by atoms with Crippen molar-refractivity contribution >= 4 is 27.7 Å². The molecular weight excluding hydrogens is 330 g/mol. The molecule has 0 aromatic heterocycles. The highest BCUT2D eigenvalue weighted by Gasteiger charge is 2.36. The van der Waals surface area contributed by atoms with Crippen LogP contribution in [0.15, 0.2) is 28.7 Å². The van der Waals surface area contributed by atoms with Crippen LogP contribution in [0.2, 0.25) is 0 Å². The van der Waals surface area contributed by atoms with Gasteiger partial charge in [-0.25, -0.2) is 0 Å². The second-order valence-electron chi connectivity index (χ2n) is 6.39. The van der Waals surface area contributed by atoms with Crippen molar-refractivity contribution in [2.45, 2.75) is 55.2 Å². The summed E-state index contributed by atoms with van der Waals surface area (Å²) < 4.78 is 1.72. The van der Waals surface area contributed by atoms with Gasteiger partial charge < -0.3 is 5.32 Å². The highest BCUT2D eigenvalue weighted by Crippen LogP contribution is 2.41. The lowest BCUT2D eigenvalue weighted by Gasteiger charge is -2.39. The summed E-state index contributed by atoms with van der Waals surface area (Å²) in [6, 6.07) is 9.61. The predicted molar refractivity (Wildman–Crippen MR) is 92.6 cm³/mol. The van der Waals surface area contributed by atoms with Crippen LogP contribution in [-0.4, -0.2) is 23.6 Å². The summed E-state index contributed by atoms with van der Waals surface area (Å²) in [5.41, 5.74) is 1.51. The zero-order valence-electron chi connectivity index (χ0n) is 12.2. The van der Waals surface area contributed by atoms with Gasteiger partial charge in [0.15, 0.2) is 0 Å². The van der Waals surface area contributed by atoms with Gasteiger partial charge in [0.2, 0.25) is 0 Å². The molecule has 0 heterocycles. The Balaban J connectivity index is 1.45. The summed E-state index contributed by atoms with van der Waals surface area (Å²) >= 11 is 5.60. The minimum absolute atomic E-state index is 0.544. The quantitative estimate of drug-likeness (QED) is 0.802. The SMILES string of the molecule is CSC1(CNC2CC(c3ccc(Br)cc3)C2)CCCC1. The van der Waals surface area contributed by atoms with Gasteiger partial charge in [0.1, 0.15) is 0 Å². The third-order valence-electron chi connectivity index (χ3n) is 5.14. The van der Waals surface area contributed by atoms with Gasteiger partial charge in [-0.05, 0) is 55.6 Å².